The van der Waals surface area contributed by atoms with Crippen LogP contribution in [0.25, 0.3) is 0 Å². The minimum absolute atomic E-state index is 0.0334. The Labute approximate surface area is 127 Å². The molecule has 0 aliphatic heterocycles. The lowest BCUT2D eigenvalue weighted by Crippen LogP contribution is -2.14. The molecule has 108 valence electrons. The van der Waals surface area contributed by atoms with E-state index in [1.165, 1.54) is 30.6 Å². The maximum atomic E-state index is 12.2. The van der Waals surface area contributed by atoms with Crippen LogP contribution >= 0.6 is 11.6 Å². The summed E-state index contributed by atoms with van der Waals surface area (Å²) in [5, 5.41) is 9.11. The number of pyridine rings is 1. The molecule has 0 spiro atoms. The molecule has 0 aliphatic carbocycles. The highest BCUT2D eigenvalue weighted by Gasteiger charge is 2.16. The molecule has 7 heteroatoms. The number of anilines is 1. The first-order valence-corrected chi connectivity index (χ1v) is 7.71. The van der Waals surface area contributed by atoms with Crippen LogP contribution < -0.4 is 4.72 Å². The number of hydrogen-bond donors (Lipinski definition) is 2. The molecule has 1 heterocycles. The summed E-state index contributed by atoms with van der Waals surface area (Å²) in [5.41, 5.74) is 0.660. The van der Waals surface area contributed by atoms with Gasteiger partial charge in [-0.2, -0.15) is 0 Å². The minimum atomic E-state index is -3.78. The Hall–Kier alpha value is -2.07. The van der Waals surface area contributed by atoms with E-state index in [-0.39, 0.29) is 17.2 Å². The lowest BCUT2D eigenvalue weighted by atomic mass is 10.2. The molecule has 0 amide bonds. The monoisotopic (exact) mass is 322 g/mol. The summed E-state index contributed by atoms with van der Waals surface area (Å²) in [7, 11) is -3.78. The number of hydrogen-bond acceptors (Lipinski definition) is 4. The molecule has 0 fully saturated rings. The van der Waals surface area contributed by atoms with Crippen molar-refractivity contribution < 1.29 is 13.5 Å². The van der Waals surface area contributed by atoms with Crippen molar-refractivity contribution in [2.24, 2.45) is 0 Å². The van der Waals surface area contributed by atoms with Crippen LogP contribution in [0.5, 0.6) is 0 Å². The molecule has 2 rings (SSSR count). The summed E-state index contributed by atoms with van der Waals surface area (Å²) in [6, 6.07) is 7.58. The first-order valence-electron chi connectivity index (χ1n) is 5.85. The summed E-state index contributed by atoms with van der Waals surface area (Å²) in [4.78, 5) is 3.81. The third kappa shape index (κ3) is 3.95. The van der Waals surface area contributed by atoms with Crippen LogP contribution in [0, 0.1) is 11.8 Å². The normalized spacial score (nSPS) is 10.6. The Bertz CT molecular complexity index is 796. The summed E-state index contributed by atoms with van der Waals surface area (Å²) in [6.07, 6.45) is 2.72. The molecule has 1 aromatic heterocycles. The smallest absolute Gasteiger partial charge is 0.263 e. The lowest BCUT2D eigenvalue weighted by Gasteiger charge is -2.10. The third-order valence-corrected chi connectivity index (χ3v) is 4.06. The number of sulfonamides is 1. The quantitative estimate of drug-likeness (QED) is 0.846. The van der Waals surface area contributed by atoms with Gasteiger partial charge in [0.2, 0.25) is 0 Å². The Morgan fingerprint density at radius 3 is 2.81 bits per heavy atom. The van der Waals surface area contributed by atoms with Crippen LogP contribution in [0.15, 0.2) is 47.6 Å². The second kappa shape index (κ2) is 6.59. The molecule has 0 atom stereocenters. The van der Waals surface area contributed by atoms with E-state index in [2.05, 4.69) is 21.5 Å². The van der Waals surface area contributed by atoms with Gasteiger partial charge in [-0.3, -0.25) is 9.71 Å². The van der Waals surface area contributed by atoms with E-state index in [0.717, 1.165) is 0 Å². The highest BCUT2D eigenvalue weighted by atomic mass is 35.5. The molecule has 0 radical (unpaired) electrons. The summed E-state index contributed by atoms with van der Waals surface area (Å²) < 4.78 is 26.9. The van der Waals surface area contributed by atoms with Crippen molar-refractivity contribution in [1.82, 2.24) is 4.98 Å². The molecule has 1 aromatic carbocycles. The van der Waals surface area contributed by atoms with Crippen LogP contribution in [0.4, 0.5) is 5.69 Å². The van der Waals surface area contributed by atoms with Crippen molar-refractivity contribution in [2.75, 3.05) is 11.3 Å². The average Bonchev–Trinajstić information content (AvgIpc) is 2.47. The van der Waals surface area contributed by atoms with Crippen LogP contribution in [-0.2, 0) is 10.0 Å². The molecule has 0 unspecified atom stereocenters. The van der Waals surface area contributed by atoms with E-state index in [1.807, 2.05) is 0 Å². The van der Waals surface area contributed by atoms with E-state index in [1.54, 1.807) is 12.1 Å². The molecule has 0 bridgehead atoms. The Balaban J connectivity index is 2.41. The highest BCUT2D eigenvalue weighted by molar-refractivity contribution is 7.92. The first-order chi connectivity index (χ1) is 10.0. The van der Waals surface area contributed by atoms with E-state index < -0.39 is 10.0 Å². The number of benzene rings is 1. The van der Waals surface area contributed by atoms with E-state index >= 15 is 0 Å². The SMILES string of the molecule is O=S(=O)(Nc1cc(Cl)ccc1C#CCO)c1cccnc1. The Morgan fingerprint density at radius 2 is 2.14 bits per heavy atom. The van der Waals surface area contributed by atoms with Crippen molar-refractivity contribution in [3.63, 3.8) is 0 Å². The fourth-order valence-electron chi connectivity index (χ4n) is 1.55. The van der Waals surface area contributed by atoms with Gasteiger partial charge in [-0.05, 0) is 30.3 Å². The molecule has 0 saturated heterocycles. The topological polar surface area (TPSA) is 79.3 Å². The van der Waals surface area contributed by atoms with Crippen LogP contribution in [0.3, 0.4) is 0 Å². The number of rotatable bonds is 3. The predicted molar refractivity (Wildman–Crippen MR) is 80.5 cm³/mol. The third-order valence-electron chi connectivity index (χ3n) is 2.47. The second-order valence-electron chi connectivity index (χ2n) is 3.94. The summed E-state index contributed by atoms with van der Waals surface area (Å²) in [6.45, 7) is -0.322. The molecule has 0 saturated carbocycles. The summed E-state index contributed by atoms with van der Waals surface area (Å²) in [5.74, 6) is 5.13. The van der Waals surface area contributed by atoms with Crippen LogP contribution in [-0.4, -0.2) is 25.1 Å². The van der Waals surface area contributed by atoms with Gasteiger partial charge in [0, 0.05) is 23.0 Å². The zero-order valence-corrected chi connectivity index (χ0v) is 12.3. The standard InChI is InChI=1S/C14H11ClN2O3S/c15-12-6-5-11(3-2-8-18)14(9-12)17-21(19,20)13-4-1-7-16-10-13/h1,4-7,9-10,17-18H,8H2. The number of nitrogens with one attached hydrogen (secondary N) is 1. The van der Waals surface area contributed by atoms with Crippen molar-refractivity contribution in [1.29, 1.82) is 0 Å². The number of aliphatic hydroxyl groups is 1. The fourth-order valence-corrected chi connectivity index (χ4v) is 2.76. The molecule has 5 nitrogen and oxygen atoms in total. The van der Waals surface area contributed by atoms with Gasteiger partial charge in [-0.1, -0.05) is 23.4 Å². The largest absolute Gasteiger partial charge is 0.384 e. The van der Waals surface area contributed by atoms with Gasteiger partial charge in [0.25, 0.3) is 10.0 Å². The van der Waals surface area contributed by atoms with E-state index in [9.17, 15) is 8.42 Å². The van der Waals surface area contributed by atoms with E-state index in [0.29, 0.717) is 10.6 Å². The average molecular weight is 323 g/mol. The number of nitrogens with zero attached hydrogens (tertiary/aromatic N) is 1. The first kappa shape index (κ1) is 15.3. The predicted octanol–water partition coefficient (Wildman–Crippen LogP) is 1.88. The van der Waals surface area contributed by atoms with Crippen molar-refractivity contribution >= 4 is 27.3 Å². The van der Waals surface area contributed by atoms with Gasteiger partial charge in [0.1, 0.15) is 11.5 Å². The molecular weight excluding hydrogens is 312 g/mol. The maximum Gasteiger partial charge on any atom is 0.263 e. The molecule has 2 N–H and O–H groups in total. The van der Waals surface area contributed by atoms with Crippen molar-refractivity contribution in [2.45, 2.75) is 4.90 Å². The number of aromatic nitrogens is 1. The molecule has 0 aliphatic rings. The van der Waals surface area contributed by atoms with Crippen LogP contribution in [0.1, 0.15) is 5.56 Å². The lowest BCUT2D eigenvalue weighted by molar-refractivity contribution is 0.350. The van der Waals surface area contributed by atoms with Gasteiger partial charge >= 0.3 is 0 Å². The van der Waals surface area contributed by atoms with Crippen molar-refractivity contribution in [3.8, 4) is 11.8 Å². The minimum Gasteiger partial charge on any atom is -0.384 e. The van der Waals surface area contributed by atoms with Gasteiger partial charge < -0.3 is 5.11 Å². The molecular formula is C14H11ClN2O3S. The van der Waals surface area contributed by atoms with Crippen LogP contribution in [0.2, 0.25) is 5.02 Å². The van der Waals surface area contributed by atoms with Gasteiger partial charge in [-0.15, -0.1) is 0 Å². The zero-order chi connectivity index (χ0) is 15.3. The summed E-state index contributed by atoms with van der Waals surface area (Å²) >= 11 is 5.88. The Kier molecular flexibility index (Phi) is 4.81. The highest BCUT2D eigenvalue weighted by Crippen LogP contribution is 2.23. The van der Waals surface area contributed by atoms with Gasteiger partial charge in [-0.25, -0.2) is 8.42 Å². The maximum absolute atomic E-state index is 12.2. The van der Waals surface area contributed by atoms with E-state index in [4.69, 9.17) is 16.7 Å². The van der Waals surface area contributed by atoms with Gasteiger partial charge in [0.05, 0.1) is 5.69 Å². The number of halogens is 1. The zero-order valence-electron chi connectivity index (χ0n) is 10.7. The fraction of sp³-hybridized carbons (Fsp3) is 0.0714. The molecule has 21 heavy (non-hydrogen) atoms. The van der Waals surface area contributed by atoms with Gasteiger partial charge in [0.15, 0.2) is 0 Å². The second-order valence-corrected chi connectivity index (χ2v) is 6.06. The Morgan fingerprint density at radius 1 is 1.33 bits per heavy atom. The molecule has 2 aromatic rings. The number of aliphatic hydroxyl groups excluding tert-OH is 1. The van der Waals surface area contributed by atoms with Crippen molar-refractivity contribution in [3.05, 3.63) is 53.3 Å².